The van der Waals surface area contributed by atoms with E-state index in [1.807, 2.05) is 6.92 Å². The van der Waals surface area contributed by atoms with Crippen LogP contribution in [-0.2, 0) is 19.0 Å². The molecule has 6 nitrogen and oxygen atoms in total. The van der Waals surface area contributed by atoms with E-state index in [9.17, 15) is 14.4 Å². The van der Waals surface area contributed by atoms with Crippen molar-refractivity contribution in [1.29, 1.82) is 0 Å². The third-order valence-corrected chi connectivity index (χ3v) is 4.36. The predicted molar refractivity (Wildman–Crippen MR) is 94.9 cm³/mol. The molecule has 1 aromatic rings. The van der Waals surface area contributed by atoms with E-state index in [2.05, 4.69) is 0 Å². The van der Waals surface area contributed by atoms with Gasteiger partial charge in [0.2, 0.25) is 11.5 Å². The molecule has 0 spiro atoms. The molecule has 0 bridgehead atoms. The smallest absolute Gasteiger partial charge is 0.306 e. The van der Waals surface area contributed by atoms with Crippen LogP contribution in [0.25, 0.3) is 0 Å². The van der Waals surface area contributed by atoms with Crippen LogP contribution in [0.5, 0.6) is 0 Å². The fourth-order valence-corrected chi connectivity index (χ4v) is 3.13. The first kappa shape index (κ1) is 19.7. The number of fused-ring (bicyclic) bond motifs is 1. The summed E-state index contributed by atoms with van der Waals surface area (Å²) in [5.74, 6) is -0.871. The summed E-state index contributed by atoms with van der Waals surface area (Å²) in [4.78, 5) is 37.6. The lowest BCUT2D eigenvalue weighted by molar-refractivity contribution is -0.149. The van der Waals surface area contributed by atoms with Crippen LogP contribution in [0.3, 0.4) is 0 Å². The Hall–Kier alpha value is -2.63. The van der Waals surface area contributed by atoms with Gasteiger partial charge >= 0.3 is 5.97 Å². The minimum atomic E-state index is -0.993. The van der Waals surface area contributed by atoms with Crippen molar-refractivity contribution in [2.45, 2.75) is 46.1 Å². The average Bonchev–Trinajstić information content (AvgIpc) is 2.62. The van der Waals surface area contributed by atoms with E-state index < -0.39 is 17.9 Å². The second kappa shape index (κ2) is 8.17. The number of methoxy groups -OCH3 is 2. The summed E-state index contributed by atoms with van der Waals surface area (Å²) in [7, 11) is 2.73. The van der Waals surface area contributed by atoms with Gasteiger partial charge in [0, 0.05) is 29.5 Å². The van der Waals surface area contributed by atoms with Crippen molar-refractivity contribution >= 4 is 17.5 Å². The van der Waals surface area contributed by atoms with E-state index in [1.54, 1.807) is 26.0 Å². The third-order valence-electron chi connectivity index (χ3n) is 4.36. The van der Waals surface area contributed by atoms with Crippen LogP contribution in [0.1, 0.15) is 71.1 Å². The van der Waals surface area contributed by atoms with E-state index in [1.165, 1.54) is 14.2 Å². The summed E-state index contributed by atoms with van der Waals surface area (Å²) >= 11 is 0. The number of ether oxygens (including phenoxy) is 3. The van der Waals surface area contributed by atoms with Gasteiger partial charge in [0.05, 0.1) is 14.2 Å². The van der Waals surface area contributed by atoms with Crippen LogP contribution in [0.15, 0.2) is 23.7 Å². The highest BCUT2D eigenvalue weighted by atomic mass is 16.6. The first-order chi connectivity index (χ1) is 12.4. The number of rotatable bonds is 7. The highest BCUT2D eigenvalue weighted by molar-refractivity contribution is 6.13. The molecule has 6 heteroatoms. The topological polar surface area (TPSA) is 78.9 Å². The summed E-state index contributed by atoms with van der Waals surface area (Å²) in [5.41, 5.74) is 1.79. The minimum Gasteiger partial charge on any atom is -0.493 e. The van der Waals surface area contributed by atoms with Gasteiger partial charge in [-0.05, 0) is 18.9 Å². The Balaban J connectivity index is 2.76. The Bertz CT molecular complexity index is 775. The highest BCUT2D eigenvalue weighted by Gasteiger charge is 2.41. The van der Waals surface area contributed by atoms with Gasteiger partial charge in [-0.25, -0.2) is 0 Å². The molecule has 0 radical (unpaired) electrons. The number of hydrogen-bond donors (Lipinski definition) is 0. The van der Waals surface area contributed by atoms with Crippen molar-refractivity contribution in [3.8, 4) is 0 Å². The Labute approximate surface area is 153 Å². The van der Waals surface area contributed by atoms with Crippen LogP contribution in [0.2, 0.25) is 0 Å². The zero-order valence-corrected chi connectivity index (χ0v) is 15.8. The Kier molecular flexibility index (Phi) is 6.18. The molecule has 140 valence electrons. The van der Waals surface area contributed by atoms with E-state index in [-0.39, 0.29) is 30.1 Å². The van der Waals surface area contributed by atoms with Gasteiger partial charge in [0.1, 0.15) is 0 Å². The van der Waals surface area contributed by atoms with E-state index in [0.29, 0.717) is 23.1 Å². The normalized spacial score (nSPS) is 16.2. The molecule has 0 heterocycles. The zero-order chi connectivity index (χ0) is 19.4. The molecular weight excluding hydrogens is 336 g/mol. The first-order valence-electron chi connectivity index (χ1n) is 8.64. The number of esters is 1. The summed E-state index contributed by atoms with van der Waals surface area (Å²) in [6, 6.07) is 3.35. The van der Waals surface area contributed by atoms with Crippen LogP contribution < -0.4 is 0 Å². The molecule has 1 aliphatic carbocycles. The van der Waals surface area contributed by atoms with Gasteiger partial charge < -0.3 is 14.2 Å². The predicted octanol–water partition coefficient (Wildman–Crippen LogP) is 3.67. The van der Waals surface area contributed by atoms with Crippen molar-refractivity contribution in [1.82, 2.24) is 0 Å². The molecule has 1 aliphatic rings. The molecule has 1 unspecified atom stereocenters. The summed E-state index contributed by atoms with van der Waals surface area (Å²) in [6.45, 7) is 5.40. The maximum Gasteiger partial charge on any atom is 0.306 e. The number of aryl methyl sites for hydroxylation is 1. The Morgan fingerprint density at radius 2 is 1.81 bits per heavy atom. The molecule has 0 saturated heterocycles. The van der Waals surface area contributed by atoms with Crippen LogP contribution in [0.4, 0.5) is 0 Å². The van der Waals surface area contributed by atoms with Crippen molar-refractivity contribution in [3.05, 3.63) is 45.9 Å². The van der Waals surface area contributed by atoms with Crippen molar-refractivity contribution in [3.63, 3.8) is 0 Å². The standard InChI is InChI=1S/C20H24O6/c1-6-8-14(22)26-18-16-12(17(23)19(24-4)20(18)25-5)10-9-11(3)15(16)13(21)7-2/h9-10,18H,6-8H2,1-5H3. The van der Waals surface area contributed by atoms with E-state index in [0.717, 1.165) is 5.56 Å². The molecule has 0 amide bonds. The maximum absolute atomic E-state index is 12.8. The lowest BCUT2D eigenvalue weighted by Crippen LogP contribution is -2.28. The fraction of sp³-hybridized carbons (Fsp3) is 0.450. The summed E-state index contributed by atoms with van der Waals surface area (Å²) in [6.07, 6.45) is 0.119. The molecule has 2 rings (SSSR count). The highest BCUT2D eigenvalue weighted by Crippen LogP contribution is 2.41. The second-order valence-corrected chi connectivity index (χ2v) is 6.05. The van der Waals surface area contributed by atoms with Gasteiger partial charge in [0.15, 0.2) is 17.6 Å². The molecule has 0 aliphatic heterocycles. The minimum absolute atomic E-state index is 0.0203. The number of ketones is 2. The number of carbonyl (C=O) groups is 3. The first-order valence-corrected chi connectivity index (χ1v) is 8.64. The number of carbonyl (C=O) groups excluding carboxylic acids is 3. The zero-order valence-electron chi connectivity index (χ0n) is 15.8. The summed E-state index contributed by atoms with van der Waals surface area (Å²) < 4.78 is 16.2. The lowest BCUT2D eigenvalue weighted by atomic mass is 9.83. The van der Waals surface area contributed by atoms with Gasteiger partial charge in [-0.1, -0.05) is 26.0 Å². The fourth-order valence-electron chi connectivity index (χ4n) is 3.13. The van der Waals surface area contributed by atoms with Crippen LogP contribution >= 0.6 is 0 Å². The van der Waals surface area contributed by atoms with Gasteiger partial charge in [-0.15, -0.1) is 0 Å². The molecule has 0 N–H and O–H groups in total. The molecule has 0 aromatic heterocycles. The van der Waals surface area contributed by atoms with Crippen LogP contribution in [0, 0.1) is 6.92 Å². The Morgan fingerprint density at radius 1 is 1.12 bits per heavy atom. The van der Waals surface area contributed by atoms with Crippen molar-refractivity contribution in [2.75, 3.05) is 14.2 Å². The van der Waals surface area contributed by atoms with Gasteiger partial charge in [0.25, 0.3) is 0 Å². The SMILES string of the molecule is CCCC(=O)OC1C(OC)=C(OC)C(=O)c2ccc(C)c(C(=O)CC)c21. The van der Waals surface area contributed by atoms with Crippen LogP contribution in [-0.4, -0.2) is 31.8 Å². The molecule has 1 atom stereocenters. The maximum atomic E-state index is 12.8. The Morgan fingerprint density at radius 3 is 2.35 bits per heavy atom. The van der Waals surface area contributed by atoms with E-state index >= 15 is 0 Å². The average molecular weight is 360 g/mol. The monoisotopic (exact) mass is 360 g/mol. The largest absolute Gasteiger partial charge is 0.493 e. The van der Waals surface area contributed by atoms with Gasteiger partial charge in [-0.2, -0.15) is 0 Å². The number of Topliss-reactive ketones (excluding diaryl/α,β-unsaturated/α-hetero) is 2. The lowest BCUT2D eigenvalue weighted by Gasteiger charge is -2.30. The molecule has 0 fully saturated rings. The van der Waals surface area contributed by atoms with E-state index in [4.69, 9.17) is 14.2 Å². The molecule has 1 aromatic carbocycles. The molecular formula is C20H24O6. The van der Waals surface area contributed by atoms with Gasteiger partial charge in [-0.3, -0.25) is 14.4 Å². The number of hydrogen-bond acceptors (Lipinski definition) is 6. The number of allylic oxidation sites excluding steroid dienone is 1. The quantitative estimate of drug-likeness (QED) is 0.545. The van der Waals surface area contributed by atoms with Crippen molar-refractivity contribution < 1.29 is 28.6 Å². The molecule has 0 saturated carbocycles. The van der Waals surface area contributed by atoms with Crippen molar-refractivity contribution in [2.24, 2.45) is 0 Å². The number of benzene rings is 1. The third kappa shape index (κ3) is 3.36. The summed E-state index contributed by atoms with van der Waals surface area (Å²) in [5, 5.41) is 0. The second-order valence-electron chi connectivity index (χ2n) is 6.05. The molecule has 26 heavy (non-hydrogen) atoms.